The fraction of sp³-hybridized carbons (Fsp3) is 0.600. The Morgan fingerprint density at radius 1 is 1.24 bits per heavy atom. The number of aryl methyl sites for hydroxylation is 1. The summed E-state index contributed by atoms with van der Waals surface area (Å²) in [6, 6.07) is 8.61. The van der Waals surface area contributed by atoms with E-state index in [1.807, 2.05) is 0 Å². The van der Waals surface area contributed by atoms with Crippen LogP contribution in [-0.4, -0.2) is 23.4 Å². The minimum Gasteiger partial charge on any atom is -0.396 e. The van der Waals surface area contributed by atoms with Gasteiger partial charge in [0.25, 0.3) is 0 Å². The second-order valence-electron chi connectivity index (χ2n) is 5.01. The molecule has 0 saturated heterocycles. The van der Waals surface area contributed by atoms with Gasteiger partial charge >= 0.3 is 0 Å². The van der Waals surface area contributed by atoms with Crippen LogP contribution in [-0.2, 0) is 6.42 Å². The zero-order valence-corrected chi connectivity index (χ0v) is 10.3. The van der Waals surface area contributed by atoms with Gasteiger partial charge in [-0.3, -0.25) is 0 Å². The van der Waals surface area contributed by atoms with Crippen LogP contribution in [0.15, 0.2) is 24.3 Å². The first-order chi connectivity index (χ1) is 8.36. The number of rotatable bonds is 5. The van der Waals surface area contributed by atoms with Gasteiger partial charge in [-0.05, 0) is 55.1 Å². The fourth-order valence-electron chi connectivity index (χ4n) is 3.05. The standard InChI is InChI=1S/C15H22O2/c16-10-4-7-13(11-17)15-9-3-6-12-5-1-2-8-14(12)15/h1-2,5,8,13,15-17H,3-4,6-7,9-11H2/t13-,15+/m0/s1. The molecule has 1 aromatic carbocycles. The Morgan fingerprint density at radius 2 is 2.06 bits per heavy atom. The second-order valence-corrected chi connectivity index (χ2v) is 5.01. The second kappa shape index (κ2) is 6.18. The Balaban J connectivity index is 2.15. The van der Waals surface area contributed by atoms with Crippen LogP contribution in [0.4, 0.5) is 0 Å². The zero-order chi connectivity index (χ0) is 12.1. The van der Waals surface area contributed by atoms with Crippen molar-refractivity contribution in [2.24, 2.45) is 5.92 Å². The monoisotopic (exact) mass is 234 g/mol. The van der Waals surface area contributed by atoms with Crippen LogP contribution in [0.3, 0.4) is 0 Å². The minimum atomic E-state index is 0.227. The summed E-state index contributed by atoms with van der Waals surface area (Å²) in [6.45, 7) is 0.462. The van der Waals surface area contributed by atoms with Crippen molar-refractivity contribution >= 4 is 0 Å². The third-order valence-electron chi connectivity index (χ3n) is 3.95. The molecule has 0 fully saturated rings. The highest BCUT2D eigenvalue weighted by Crippen LogP contribution is 2.38. The normalized spacial score (nSPS) is 20.9. The first kappa shape index (κ1) is 12.6. The Morgan fingerprint density at radius 3 is 2.82 bits per heavy atom. The molecule has 2 rings (SSSR count). The molecule has 2 atom stereocenters. The summed E-state index contributed by atoms with van der Waals surface area (Å²) in [5.41, 5.74) is 2.88. The van der Waals surface area contributed by atoms with Crippen LogP contribution >= 0.6 is 0 Å². The average Bonchev–Trinajstić information content (AvgIpc) is 2.40. The summed E-state index contributed by atoms with van der Waals surface area (Å²) in [6.07, 6.45) is 5.28. The summed E-state index contributed by atoms with van der Waals surface area (Å²) in [5, 5.41) is 18.5. The van der Waals surface area contributed by atoms with Crippen LogP contribution in [0.25, 0.3) is 0 Å². The van der Waals surface area contributed by atoms with Crippen molar-refractivity contribution in [1.29, 1.82) is 0 Å². The number of fused-ring (bicyclic) bond motifs is 1. The minimum absolute atomic E-state index is 0.227. The molecule has 2 nitrogen and oxygen atoms in total. The summed E-state index contributed by atoms with van der Waals surface area (Å²) < 4.78 is 0. The van der Waals surface area contributed by atoms with Gasteiger partial charge in [0.2, 0.25) is 0 Å². The van der Waals surface area contributed by atoms with Crippen LogP contribution in [0.5, 0.6) is 0 Å². The van der Waals surface area contributed by atoms with E-state index in [4.69, 9.17) is 5.11 Å². The van der Waals surface area contributed by atoms with Gasteiger partial charge in [0.15, 0.2) is 0 Å². The maximum Gasteiger partial charge on any atom is 0.0465 e. The summed E-state index contributed by atoms with van der Waals surface area (Å²) in [4.78, 5) is 0. The molecule has 0 radical (unpaired) electrons. The largest absolute Gasteiger partial charge is 0.396 e. The number of hydrogen-bond donors (Lipinski definition) is 2. The molecule has 0 bridgehead atoms. The third-order valence-corrected chi connectivity index (χ3v) is 3.95. The van der Waals surface area contributed by atoms with Gasteiger partial charge in [0.1, 0.15) is 0 Å². The maximum atomic E-state index is 9.55. The first-order valence-corrected chi connectivity index (χ1v) is 6.66. The van der Waals surface area contributed by atoms with E-state index in [9.17, 15) is 5.11 Å². The molecule has 0 unspecified atom stereocenters. The number of hydrogen-bond acceptors (Lipinski definition) is 2. The van der Waals surface area contributed by atoms with Crippen molar-refractivity contribution in [2.75, 3.05) is 13.2 Å². The molecule has 0 aliphatic heterocycles. The first-order valence-electron chi connectivity index (χ1n) is 6.66. The smallest absolute Gasteiger partial charge is 0.0465 e. The Bertz CT molecular complexity index is 349. The topological polar surface area (TPSA) is 40.5 Å². The van der Waals surface area contributed by atoms with Crippen molar-refractivity contribution in [3.8, 4) is 0 Å². The van der Waals surface area contributed by atoms with E-state index in [1.54, 1.807) is 0 Å². The predicted molar refractivity (Wildman–Crippen MR) is 69.0 cm³/mol. The Hall–Kier alpha value is -0.860. The molecule has 1 aliphatic carbocycles. The molecule has 0 heterocycles. The molecule has 0 spiro atoms. The number of aliphatic hydroxyl groups is 2. The van der Waals surface area contributed by atoms with Gasteiger partial charge < -0.3 is 10.2 Å². The molecule has 2 N–H and O–H groups in total. The molecule has 1 aromatic rings. The highest BCUT2D eigenvalue weighted by molar-refractivity contribution is 5.33. The van der Waals surface area contributed by atoms with Crippen molar-refractivity contribution in [2.45, 2.75) is 38.0 Å². The van der Waals surface area contributed by atoms with Crippen molar-refractivity contribution in [3.05, 3.63) is 35.4 Å². The van der Waals surface area contributed by atoms with Gasteiger partial charge in [-0.1, -0.05) is 24.3 Å². The van der Waals surface area contributed by atoms with Crippen LogP contribution in [0.1, 0.15) is 42.7 Å². The molecule has 2 heteroatoms. The van der Waals surface area contributed by atoms with Crippen LogP contribution in [0.2, 0.25) is 0 Å². The van der Waals surface area contributed by atoms with E-state index in [-0.39, 0.29) is 13.2 Å². The summed E-state index contributed by atoms with van der Waals surface area (Å²) >= 11 is 0. The van der Waals surface area contributed by atoms with E-state index in [1.165, 1.54) is 30.4 Å². The SMILES string of the molecule is OCCC[C@@H](CO)[C@H]1CCCc2ccccc21. The lowest BCUT2D eigenvalue weighted by molar-refractivity contribution is 0.173. The molecular weight excluding hydrogens is 212 g/mol. The van der Waals surface area contributed by atoms with Crippen molar-refractivity contribution in [1.82, 2.24) is 0 Å². The number of aliphatic hydroxyl groups excluding tert-OH is 2. The van der Waals surface area contributed by atoms with Crippen molar-refractivity contribution in [3.63, 3.8) is 0 Å². The van der Waals surface area contributed by atoms with Gasteiger partial charge in [-0.25, -0.2) is 0 Å². The average molecular weight is 234 g/mol. The van der Waals surface area contributed by atoms with Gasteiger partial charge in [-0.2, -0.15) is 0 Å². The van der Waals surface area contributed by atoms with Gasteiger partial charge in [0, 0.05) is 13.2 Å². The zero-order valence-electron chi connectivity index (χ0n) is 10.3. The maximum absolute atomic E-state index is 9.55. The van der Waals surface area contributed by atoms with E-state index in [0.29, 0.717) is 11.8 Å². The van der Waals surface area contributed by atoms with Gasteiger partial charge in [-0.15, -0.1) is 0 Å². The van der Waals surface area contributed by atoms with Crippen LogP contribution in [0, 0.1) is 5.92 Å². The Kier molecular flexibility index (Phi) is 4.57. The molecule has 17 heavy (non-hydrogen) atoms. The highest BCUT2D eigenvalue weighted by Gasteiger charge is 2.26. The fourth-order valence-corrected chi connectivity index (χ4v) is 3.05. The summed E-state index contributed by atoms with van der Waals surface area (Å²) in [5.74, 6) is 0.792. The predicted octanol–water partition coefficient (Wildman–Crippen LogP) is 2.49. The lowest BCUT2D eigenvalue weighted by atomic mass is 9.74. The molecular formula is C15H22O2. The molecule has 94 valence electrons. The molecule has 1 aliphatic rings. The highest BCUT2D eigenvalue weighted by atomic mass is 16.3. The lowest BCUT2D eigenvalue weighted by Crippen LogP contribution is -2.21. The quantitative estimate of drug-likeness (QED) is 0.821. The van der Waals surface area contributed by atoms with E-state index in [0.717, 1.165) is 12.8 Å². The molecule has 0 aromatic heterocycles. The third kappa shape index (κ3) is 2.88. The van der Waals surface area contributed by atoms with Crippen LogP contribution < -0.4 is 0 Å². The van der Waals surface area contributed by atoms with E-state index >= 15 is 0 Å². The Labute approximate surface area is 103 Å². The number of benzene rings is 1. The van der Waals surface area contributed by atoms with E-state index in [2.05, 4.69) is 24.3 Å². The van der Waals surface area contributed by atoms with Crippen molar-refractivity contribution < 1.29 is 10.2 Å². The van der Waals surface area contributed by atoms with Gasteiger partial charge in [0.05, 0.1) is 0 Å². The lowest BCUT2D eigenvalue weighted by Gasteiger charge is -2.31. The summed E-state index contributed by atoms with van der Waals surface area (Å²) in [7, 11) is 0. The molecule has 0 saturated carbocycles. The van der Waals surface area contributed by atoms with E-state index < -0.39 is 0 Å². The molecule has 0 amide bonds.